The highest BCUT2D eigenvalue weighted by Gasteiger charge is 2.10. The first-order valence-corrected chi connectivity index (χ1v) is 9.26. The number of aliphatic hydroxyl groups is 1. The Hall–Kier alpha value is -3.77. The van der Waals surface area contributed by atoms with E-state index in [0.29, 0.717) is 11.7 Å². The fourth-order valence-corrected chi connectivity index (χ4v) is 2.83. The topological polar surface area (TPSA) is 80.2 Å². The van der Waals surface area contributed by atoms with Crippen LogP contribution in [0.15, 0.2) is 91.4 Å². The summed E-state index contributed by atoms with van der Waals surface area (Å²) in [5.41, 5.74) is 2.42. The molecule has 2 aromatic heterocycles. The van der Waals surface area contributed by atoms with Crippen LogP contribution < -0.4 is 10.1 Å². The molecule has 0 unspecified atom stereocenters. The monoisotopic (exact) mass is 384 g/mol. The minimum atomic E-state index is -0.736. The molecule has 0 amide bonds. The van der Waals surface area contributed by atoms with Crippen molar-refractivity contribution >= 4 is 5.95 Å². The zero-order chi connectivity index (χ0) is 19.9. The predicted octanol–water partition coefficient (Wildman–Crippen LogP) is 4.48. The Balaban J connectivity index is 1.41. The predicted molar refractivity (Wildman–Crippen MR) is 112 cm³/mol. The molecule has 2 aromatic carbocycles. The molecule has 0 saturated carbocycles. The van der Waals surface area contributed by atoms with E-state index in [4.69, 9.17) is 4.74 Å². The first kappa shape index (κ1) is 18.6. The van der Waals surface area contributed by atoms with Gasteiger partial charge in [0.05, 0.1) is 11.8 Å². The minimum absolute atomic E-state index is 0.269. The first-order valence-electron chi connectivity index (χ1n) is 9.26. The van der Waals surface area contributed by atoms with Gasteiger partial charge in [0.15, 0.2) is 0 Å². The summed E-state index contributed by atoms with van der Waals surface area (Å²) in [6, 6.07) is 22.6. The molecule has 29 heavy (non-hydrogen) atoms. The molecule has 0 spiro atoms. The summed E-state index contributed by atoms with van der Waals surface area (Å²) < 4.78 is 5.83. The van der Waals surface area contributed by atoms with Crippen molar-refractivity contribution < 1.29 is 9.84 Å². The number of aromatic nitrogens is 3. The molecule has 144 valence electrons. The summed E-state index contributed by atoms with van der Waals surface area (Å²) in [4.78, 5) is 12.8. The second-order valence-corrected chi connectivity index (χ2v) is 6.39. The molecule has 2 N–H and O–H groups in total. The Bertz CT molecular complexity index is 1060. The van der Waals surface area contributed by atoms with Crippen molar-refractivity contribution in [3.05, 3.63) is 97.0 Å². The van der Waals surface area contributed by atoms with Gasteiger partial charge in [-0.05, 0) is 48.0 Å². The van der Waals surface area contributed by atoms with Crippen LogP contribution in [0.1, 0.15) is 11.7 Å². The molecule has 0 radical (unpaired) electrons. The molecule has 0 fully saturated rings. The maximum Gasteiger partial charge on any atom is 0.223 e. The van der Waals surface area contributed by atoms with Crippen LogP contribution in [-0.2, 0) is 0 Å². The van der Waals surface area contributed by atoms with E-state index in [1.54, 1.807) is 18.6 Å². The number of hydrogen-bond donors (Lipinski definition) is 2. The van der Waals surface area contributed by atoms with Crippen molar-refractivity contribution in [1.29, 1.82) is 0 Å². The molecule has 1 atom stereocenters. The van der Waals surface area contributed by atoms with Gasteiger partial charge in [-0.3, -0.25) is 4.98 Å². The van der Waals surface area contributed by atoms with Crippen molar-refractivity contribution in [1.82, 2.24) is 15.0 Å². The van der Waals surface area contributed by atoms with Crippen LogP contribution in [0.2, 0.25) is 0 Å². The average molecular weight is 384 g/mol. The van der Waals surface area contributed by atoms with E-state index in [-0.39, 0.29) is 6.54 Å². The Morgan fingerprint density at radius 3 is 2.59 bits per heavy atom. The summed E-state index contributed by atoms with van der Waals surface area (Å²) in [7, 11) is 0. The molecular formula is C23H20N4O2. The second kappa shape index (κ2) is 8.95. The zero-order valence-corrected chi connectivity index (χ0v) is 15.6. The van der Waals surface area contributed by atoms with Gasteiger partial charge in [0, 0.05) is 30.7 Å². The summed E-state index contributed by atoms with van der Waals surface area (Å²) in [6.07, 6.45) is 4.41. The quantitative estimate of drug-likeness (QED) is 0.489. The van der Waals surface area contributed by atoms with E-state index in [0.717, 1.165) is 22.6 Å². The molecule has 0 aliphatic heterocycles. The summed E-state index contributed by atoms with van der Waals surface area (Å²) >= 11 is 0. The van der Waals surface area contributed by atoms with E-state index in [1.165, 1.54) is 0 Å². The van der Waals surface area contributed by atoms with Gasteiger partial charge in [-0.25, -0.2) is 9.97 Å². The smallest absolute Gasteiger partial charge is 0.223 e. The Morgan fingerprint density at radius 1 is 0.897 bits per heavy atom. The van der Waals surface area contributed by atoms with E-state index in [1.807, 2.05) is 72.8 Å². The van der Waals surface area contributed by atoms with Gasteiger partial charge in [-0.15, -0.1) is 0 Å². The molecule has 0 aliphatic carbocycles. The number of nitrogens with zero attached hydrogens (tertiary/aromatic N) is 3. The van der Waals surface area contributed by atoms with Crippen LogP contribution in [0.25, 0.3) is 11.3 Å². The van der Waals surface area contributed by atoms with Crippen LogP contribution in [-0.4, -0.2) is 26.6 Å². The Morgan fingerprint density at radius 2 is 1.76 bits per heavy atom. The lowest BCUT2D eigenvalue weighted by Gasteiger charge is -2.14. The summed E-state index contributed by atoms with van der Waals surface area (Å²) in [5.74, 6) is 1.86. The third kappa shape index (κ3) is 4.94. The Kier molecular flexibility index (Phi) is 5.73. The van der Waals surface area contributed by atoms with Crippen molar-refractivity contribution in [2.45, 2.75) is 6.10 Å². The largest absolute Gasteiger partial charge is 0.457 e. The van der Waals surface area contributed by atoms with Crippen LogP contribution >= 0.6 is 0 Å². The van der Waals surface area contributed by atoms with Crippen LogP contribution in [0.5, 0.6) is 11.5 Å². The number of nitrogens with one attached hydrogen (secondary N) is 1. The lowest BCUT2D eigenvalue weighted by Crippen LogP contribution is -2.14. The van der Waals surface area contributed by atoms with Gasteiger partial charge in [0.1, 0.15) is 11.5 Å². The highest BCUT2D eigenvalue weighted by molar-refractivity contribution is 5.58. The van der Waals surface area contributed by atoms with Crippen molar-refractivity contribution in [2.24, 2.45) is 0 Å². The molecule has 4 aromatic rings. The normalized spacial score (nSPS) is 11.6. The first-order chi connectivity index (χ1) is 14.3. The second-order valence-electron chi connectivity index (χ2n) is 6.39. The molecule has 4 rings (SSSR count). The van der Waals surface area contributed by atoms with Gasteiger partial charge in [0.2, 0.25) is 5.95 Å². The lowest BCUT2D eigenvalue weighted by atomic mass is 10.1. The molecule has 0 bridgehead atoms. The van der Waals surface area contributed by atoms with Gasteiger partial charge in [-0.1, -0.05) is 30.3 Å². The molecular weight excluding hydrogens is 364 g/mol. The fraction of sp³-hybridized carbons (Fsp3) is 0.0870. The number of ether oxygens (including phenoxy) is 1. The van der Waals surface area contributed by atoms with Crippen LogP contribution in [0, 0.1) is 0 Å². The number of hydrogen-bond acceptors (Lipinski definition) is 6. The SMILES string of the molecule is O[C@@H](CNc1nccc(-c2cccnc2)n1)c1cccc(Oc2ccccc2)c1. The third-order valence-electron chi connectivity index (χ3n) is 4.29. The Labute approximate surface area is 168 Å². The van der Waals surface area contributed by atoms with Crippen LogP contribution in [0.3, 0.4) is 0 Å². The van der Waals surface area contributed by atoms with Crippen LogP contribution in [0.4, 0.5) is 5.95 Å². The third-order valence-corrected chi connectivity index (χ3v) is 4.29. The average Bonchev–Trinajstić information content (AvgIpc) is 2.79. The van der Waals surface area contributed by atoms with Gasteiger partial charge in [-0.2, -0.15) is 0 Å². The van der Waals surface area contributed by atoms with E-state index in [2.05, 4.69) is 20.3 Å². The van der Waals surface area contributed by atoms with Crippen molar-refractivity contribution in [3.63, 3.8) is 0 Å². The number of aliphatic hydroxyl groups excluding tert-OH is 1. The van der Waals surface area contributed by atoms with Gasteiger partial charge >= 0.3 is 0 Å². The molecule has 6 heteroatoms. The number of rotatable bonds is 7. The highest BCUT2D eigenvalue weighted by Crippen LogP contribution is 2.25. The van der Waals surface area contributed by atoms with Gasteiger partial charge < -0.3 is 15.2 Å². The van der Waals surface area contributed by atoms with Crippen molar-refractivity contribution in [3.8, 4) is 22.8 Å². The summed E-state index contributed by atoms with van der Waals surface area (Å²) in [6.45, 7) is 0.269. The molecule has 2 heterocycles. The van der Waals surface area contributed by atoms with E-state index < -0.39 is 6.10 Å². The van der Waals surface area contributed by atoms with Crippen molar-refractivity contribution in [2.75, 3.05) is 11.9 Å². The molecule has 0 aliphatic rings. The maximum absolute atomic E-state index is 10.6. The van der Waals surface area contributed by atoms with E-state index in [9.17, 15) is 5.11 Å². The number of pyridine rings is 1. The molecule has 0 saturated heterocycles. The number of para-hydroxylation sites is 1. The number of benzene rings is 2. The highest BCUT2D eigenvalue weighted by atomic mass is 16.5. The molecule has 6 nitrogen and oxygen atoms in total. The van der Waals surface area contributed by atoms with Gasteiger partial charge in [0.25, 0.3) is 0 Å². The minimum Gasteiger partial charge on any atom is -0.457 e. The van der Waals surface area contributed by atoms with E-state index >= 15 is 0 Å². The zero-order valence-electron chi connectivity index (χ0n) is 15.6. The summed E-state index contributed by atoms with van der Waals surface area (Å²) in [5, 5.41) is 13.7. The maximum atomic E-state index is 10.6. The standard InChI is InChI=1S/C23H20N4O2/c28-22(17-6-4-10-20(14-17)29-19-8-2-1-3-9-19)16-26-23-25-13-11-21(27-23)18-7-5-12-24-15-18/h1-15,22,28H,16H2,(H,25,26,27)/t22-/m0/s1. The number of anilines is 1. The fourth-order valence-electron chi connectivity index (χ4n) is 2.83. The lowest BCUT2D eigenvalue weighted by molar-refractivity contribution is 0.191.